The number of ether oxygens (including phenoxy) is 1. The number of nitrogens with zero attached hydrogens (tertiary/aromatic N) is 5. The van der Waals surface area contributed by atoms with Gasteiger partial charge in [0.05, 0.1) is 33.5 Å². The SMILES string of the molecule is C=CC(=O)N1CC(C)N(C2=NC(=C)N(C3C(C)(C)OC3(C)C)c3nc(-c4ccccc4F)c(Cl)cc32)CC1C. The zero-order valence-electron chi connectivity index (χ0n) is 23.3. The molecule has 0 spiro atoms. The quantitative estimate of drug-likeness (QED) is 0.462. The highest BCUT2D eigenvalue weighted by Crippen LogP contribution is 2.49. The smallest absolute Gasteiger partial charge is 0.246 e. The number of fused-ring (bicyclic) bond motifs is 1. The summed E-state index contributed by atoms with van der Waals surface area (Å²) < 4.78 is 21.1. The van der Waals surface area contributed by atoms with Gasteiger partial charge in [0.1, 0.15) is 23.3 Å². The van der Waals surface area contributed by atoms with Gasteiger partial charge in [-0.2, -0.15) is 0 Å². The van der Waals surface area contributed by atoms with E-state index in [9.17, 15) is 9.18 Å². The Bertz CT molecular complexity index is 1390. The summed E-state index contributed by atoms with van der Waals surface area (Å²) in [5, 5.41) is 0.323. The van der Waals surface area contributed by atoms with E-state index >= 15 is 0 Å². The van der Waals surface area contributed by atoms with Crippen LogP contribution in [0.5, 0.6) is 0 Å². The summed E-state index contributed by atoms with van der Waals surface area (Å²) >= 11 is 6.81. The molecule has 2 unspecified atom stereocenters. The van der Waals surface area contributed by atoms with Crippen LogP contribution in [0.4, 0.5) is 10.2 Å². The van der Waals surface area contributed by atoms with Gasteiger partial charge in [-0.3, -0.25) is 4.79 Å². The van der Waals surface area contributed by atoms with Gasteiger partial charge in [0, 0.05) is 30.7 Å². The summed E-state index contributed by atoms with van der Waals surface area (Å²) in [5.74, 6) is 1.31. The van der Waals surface area contributed by atoms with Gasteiger partial charge >= 0.3 is 0 Å². The minimum absolute atomic E-state index is 0.0408. The standard InChI is InChI=1S/C30H35ClFN5O2/c1-9-24(38)35-15-18(3)36(16-17(35)2)26-21-14-22(31)25(20-12-10-11-13-23(20)32)34-27(21)37(19(4)33-26)28-29(5,6)39-30(28,7)8/h9-14,17-18,28H,1,4,15-16H2,2-3,5-8H3. The van der Waals surface area contributed by atoms with Crippen LogP contribution in [0.1, 0.15) is 47.1 Å². The Kier molecular flexibility index (Phi) is 6.63. The van der Waals surface area contributed by atoms with E-state index in [0.29, 0.717) is 46.8 Å². The van der Waals surface area contributed by atoms with E-state index in [1.165, 1.54) is 12.1 Å². The van der Waals surface area contributed by atoms with Gasteiger partial charge in [0.2, 0.25) is 5.91 Å². The Morgan fingerprint density at radius 2 is 1.79 bits per heavy atom. The van der Waals surface area contributed by atoms with Crippen molar-refractivity contribution in [2.45, 2.75) is 70.9 Å². The number of hydrogen-bond acceptors (Lipinski definition) is 6. The molecule has 7 nitrogen and oxygen atoms in total. The van der Waals surface area contributed by atoms with Gasteiger partial charge in [0.15, 0.2) is 0 Å². The summed E-state index contributed by atoms with van der Waals surface area (Å²) in [6.45, 7) is 21.3. The van der Waals surface area contributed by atoms with Crippen LogP contribution < -0.4 is 4.90 Å². The highest BCUT2D eigenvalue weighted by molar-refractivity contribution is 6.33. The summed E-state index contributed by atoms with van der Waals surface area (Å²) in [6.07, 6.45) is 1.35. The molecule has 0 radical (unpaired) electrons. The molecule has 3 aliphatic heterocycles. The summed E-state index contributed by atoms with van der Waals surface area (Å²) in [5.41, 5.74) is 0.394. The van der Waals surface area contributed by atoms with E-state index in [4.69, 9.17) is 26.3 Å². The Balaban J connectivity index is 1.66. The number of benzene rings is 1. The van der Waals surface area contributed by atoms with Crippen molar-refractivity contribution in [3.63, 3.8) is 0 Å². The normalized spacial score (nSPS) is 24.2. The monoisotopic (exact) mass is 551 g/mol. The lowest BCUT2D eigenvalue weighted by Gasteiger charge is -2.61. The number of pyridine rings is 1. The predicted octanol–water partition coefficient (Wildman–Crippen LogP) is 5.64. The van der Waals surface area contributed by atoms with E-state index in [1.54, 1.807) is 18.2 Å². The predicted molar refractivity (Wildman–Crippen MR) is 153 cm³/mol. The Labute approximate surface area is 234 Å². The molecular formula is C30H35ClFN5O2. The van der Waals surface area contributed by atoms with Gasteiger partial charge in [0.25, 0.3) is 0 Å². The van der Waals surface area contributed by atoms with Crippen molar-refractivity contribution < 1.29 is 13.9 Å². The summed E-state index contributed by atoms with van der Waals surface area (Å²) in [6, 6.07) is 8.05. The van der Waals surface area contributed by atoms with E-state index in [1.807, 2.05) is 50.5 Å². The molecule has 4 heterocycles. The van der Waals surface area contributed by atoms with Crippen molar-refractivity contribution in [1.29, 1.82) is 0 Å². The molecular weight excluding hydrogens is 517 g/mol. The molecule has 3 aliphatic rings. The molecule has 1 aromatic heterocycles. The maximum atomic E-state index is 14.9. The topological polar surface area (TPSA) is 61.3 Å². The molecule has 2 saturated heterocycles. The van der Waals surface area contributed by atoms with Gasteiger partial charge in [-0.1, -0.05) is 36.9 Å². The average molecular weight is 552 g/mol. The molecule has 206 valence electrons. The van der Waals surface area contributed by atoms with Crippen molar-refractivity contribution in [1.82, 2.24) is 14.8 Å². The maximum Gasteiger partial charge on any atom is 0.246 e. The number of carbonyl (C=O) groups is 1. The number of anilines is 1. The lowest BCUT2D eigenvalue weighted by molar-refractivity contribution is -0.255. The van der Waals surface area contributed by atoms with Gasteiger partial charge in [-0.25, -0.2) is 14.4 Å². The lowest BCUT2D eigenvalue weighted by atomic mass is 9.76. The molecule has 0 aliphatic carbocycles. The number of aliphatic imine (C=N–C) groups is 1. The van der Waals surface area contributed by atoms with E-state index < -0.39 is 17.0 Å². The Morgan fingerprint density at radius 1 is 1.13 bits per heavy atom. The third-order valence-electron chi connectivity index (χ3n) is 7.88. The van der Waals surface area contributed by atoms with Gasteiger partial charge in [-0.05, 0) is 65.8 Å². The zero-order valence-corrected chi connectivity index (χ0v) is 24.1. The minimum Gasteiger partial charge on any atom is -0.365 e. The Morgan fingerprint density at radius 3 is 2.41 bits per heavy atom. The molecule has 1 aromatic carbocycles. The largest absolute Gasteiger partial charge is 0.365 e. The van der Waals surface area contributed by atoms with E-state index in [0.717, 1.165) is 5.56 Å². The van der Waals surface area contributed by atoms with Crippen molar-refractivity contribution in [3.8, 4) is 11.3 Å². The van der Waals surface area contributed by atoms with Crippen molar-refractivity contribution in [2.75, 3.05) is 18.0 Å². The number of amidine groups is 1. The highest BCUT2D eigenvalue weighted by Gasteiger charge is 2.59. The van der Waals surface area contributed by atoms with Crippen LogP contribution >= 0.6 is 11.6 Å². The lowest BCUT2D eigenvalue weighted by Crippen LogP contribution is -2.74. The molecule has 0 saturated carbocycles. The first-order valence-corrected chi connectivity index (χ1v) is 13.6. The van der Waals surface area contributed by atoms with Crippen LogP contribution in [-0.2, 0) is 9.53 Å². The molecule has 2 fully saturated rings. The third-order valence-corrected chi connectivity index (χ3v) is 8.17. The van der Waals surface area contributed by atoms with E-state index in [-0.39, 0.29) is 24.0 Å². The van der Waals surface area contributed by atoms with Crippen molar-refractivity contribution in [2.24, 2.45) is 4.99 Å². The first-order chi connectivity index (χ1) is 18.3. The Hall–Kier alpha value is -3.23. The van der Waals surface area contributed by atoms with Crippen LogP contribution in [-0.4, -0.2) is 68.9 Å². The molecule has 2 atom stereocenters. The van der Waals surface area contributed by atoms with Gasteiger partial charge in [-0.15, -0.1) is 0 Å². The average Bonchev–Trinajstić information content (AvgIpc) is 2.85. The van der Waals surface area contributed by atoms with Crippen LogP contribution in [0.25, 0.3) is 11.3 Å². The number of carbonyl (C=O) groups excluding carboxylic acids is 1. The van der Waals surface area contributed by atoms with Crippen LogP contribution in [0.2, 0.25) is 5.02 Å². The molecule has 1 amide bonds. The minimum atomic E-state index is -0.505. The number of halogens is 2. The fourth-order valence-electron chi connectivity index (χ4n) is 6.55. The first-order valence-electron chi connectivity index (χ1n) is 13.2. The second-order valence-corrected chi connectivity index (χ2v) is 12.1. The van der Waals surface area contributed by atoms with Crippen molar-refractivity contribution in [3.05, 3.63) is 71.8 Å². The molecule has 5 rings (SSSR count). The number of amides is 1. The van der Waals surface area contributed by atoms with E-state index in [2.05, 4.69) is 25.0 Å². The number of rotatable bonds is 3. The first kappa shape index (κ1) is 27.3. The van der Waals surface area contributed by atoms with Gasteiger partial charge < -0.3 is 19.4 Å². The number of aromatic nitrogens is 1. The highest BCUT2D eigenvalue weighted by atomic mass is 35.5. The maximum absolute atomic E-state index is 14.9. The summed E-state index contributed by atoms with van der Waals surface area (Å²) in [7, 11) is 0. The zero-order chi connectivity index (χ0) is 28.4. The van der Waals surface area contributed by atoms with Crippen LogP contribution in [0.15, 0.2) is 60.4 Å². The van der Waals surface area contributed by atoms with Crippen molar-refractivity contribution >= 4 is 29.2 Å². The molecule has 2 aromatic rings. The molecule has 0 N–H and O–H groups in total. The summed E-state index contributed by atoms with van der Waals surface area (Å²) in [4.78, 5) is 28.5. The number of piperazine rings is 1. The molecule has 39 heavy (non-hydrogen) atoms. The van der Waals surface area contributed by atoms with Crippen LogP contribution in [0, 0.1) is 5.82 Å². The fraction of sp³-hybridized carbons (Fsp3) is 0.433. The number of hydrogen-bond donors (Lipinski definition) is 0. The van der Waals surface area contributed by atoms with Crippen LogP contribution in [0.3, 0.4) is 0 Å². The molecule has 9 heteroatoms. The second kappa shape index (κ2) is 9.45. The fourth-order valence-corrected chi connectivity index (χ4v) is 6.81. The second-order valence-electron chi connectivity index (χ2n) is 11.6. The third kappa shape index (κ3) is 4.43. The molecule has 0 bridgehead atoms.